The molecule has 2 rings (SSSR count). The average Bonchev–Trinajstić information content (AvgIpc) is 2.60. The molecule has 0 fully saturated rings. The first kappa shape index (κ1) is 21.6. The summed E-state index contributed by atoms with van der Waals surface area (Å²) in [6, 6.07) is 2.47. The Balaban J connectivity index is 2.49. The second kappa shape index (κ2) is 8.10. The monoisotopic (exact) mass is 426 g/mol. The highest BCUT2D eigenvalue weighted by molar-refractivity contribution is 7.92. The van der Waals surface area contributed by atoms with Crippen LogP contribution in [0.5, 0.6) is 12.0 Å². The number of nitrogens with one attached hydrogen (secondary N) is 1. The summed E-state index contributed by atoms with van der Waals surface area (Å²) in [6.45, 7) is 0. The van der Waals surface area contributed by atoms with Gasteiger partial charge in [0.25, 0.3) is 0 Å². The number of benzene rings is 1. The minimum absolute atomic E-state index is 0.267. The summed E-state index contributed by atoms with van der Waals surface area (Å²) in [7, 11) is -2.58. The lowest BCUT2D eigenvalue weighted by Crippen LogP contribution is -2.28. The Morgan fingerprint density at radius 1 is 1.14 bits per heavy atom. The van der Waals surface area contributed by atoms with Crippen molar-refractivity contribution in [1.82, 2.24) is 15.0 Å². The number of nitrogens with zero attached hydrogens (tertiary/aromatic N) is 3. The van der Waals surface area contributed by atoms with Gasteiger partial charge in [-0.2, -0.15) is 23.1 Å². The molecule has 0 aliphatic carbocycles. The summed E-state index contributed by atoms with van der Waals surface area (Å²) in [5.74, 6) is -3.86. The van der Waals surface area contributed by atoms with E-state index in [4.69, 9.17) is 9.47 Å². The Kier molecular flexibility index (Phi) is 6.23. The number of aliphatic hydroxyl groups excluding tert-OH is 1. The molecule has 0 saturated carbocycles. The predicted molar refractivity (Wildman–Crippen MR) is 86.9 cm³/mol. The lowest BCUT2D eigenvalue weighted by atomic mass is 10.1. The molecule has 0 saturated heterocycles. The van der Waals surface area contributed by atoms with Crippen molar-refractivity contribution in [3.8, 4) is 12.0 Å². The molecule has 1 aromatic carbocycles. The van der Waals surface area contributed by atoms with Crippen LogP contribution in [0.1, 0.15) is 17.5 Å². The van der Waals surface area contributed by atoms with Gasteiger partial charge in [0, 0.05) is 5.56 Å². The summed E-state index contributed by atoms with van der Waals surface area (Å²) >= 11 is 0. The third-order valence-electron chi connectivity index (χ3n) is 3.17. The molecule has 0 spiro atoms. The molecule has 9 nitrogen and oxygen atoms in total. The summed E-state index contributed by atoms with van der Waals surface area (Å²) in [5.41, 5.74) is -1.31. The van der Waals surface area contributed by atoms with Crippen molar-refractivity contribution in [3.63, 3.8) is 0 Å². The molecular formula is C14H14F4N4O5S. The number of hydrogen-bond acceptors (Lipinski definition) is 8. The van der Waals surface area contributed by atoms with Gasteiger partial charge in [-0.3, -0.25) is 4.72 Å². The Hall–Kier alpha value is -2.74. The van der Waals surface area contributed by atoms with Gasteiger partial charge in [-0.1, -0.05) is 12.1 Å². The molecule has 2 N–H and O–H groups in total. The van der Waals surface area contributed by atoms with Gasteiger partial charge in [0.05, 0.1) is 19.9 Å². The average molecular weight is 426 g/mol. The van der Waals surface area contributed by atoms with Gasteiger partial charge in [-0.05, 0) is 6.07 Å². The van der Waals surface area contributed by atoms with Gasteiger partial charge in [-0.15, -0.1) is 4.98 Å². The number of anilines is 1. The van der Waals surface area contributed by atoms with Crippen molar-refractivity contribution in [2.24, 2.45) is 0 Å². The Bertz CT molecular complexity index is 933. The second-order valence-corrected chi connectivity index (χ2v) is 6.97. The number of aliphatic hydroxyl groups is 1. The fourth-order valence-corrected chi connectivity index (χ4v) is 3.11. The standard InChI is InChI=1S/C14H14F4N4O5S/c1-26-12-19-11(20-13(21-12)27-2)10(23)7-4-3-5-8(15)9(7)22-28(24,25)6-14(16,17)18/h3-5,10,22-23H,6H2,1-2H3. The van der Waals surface area contributed by atoms with Gasteiger partial charge < -0.3 is 14.6 Å². The number of para-hydroxylation sites is 1. The normalized spacial score (nSPS) is 13.1. The summed E-state index contributed by atoms with van der Waals surface area (Å²) in [6.07, 6.45) is -6.89. The summed E-state index contributed by atoms with van der Waals surface area (Å²) in [5, 5.41) is 10.5. The molecule has 1 atom stereocenters. The molecule has 0 amide bonds. The number of aromatic nitrogens is 3. The first-order valence-corrected chi connectivity index (χ1v) is 8.98. The highest BCUT2D eigenvalue weighted by Gasteiger charge is 2.36. The van der Waals surface area contributed by atoms with E-state index in [1.54, 1.807) is 0 Å². The molecule has 1 unspecified atom stereocenters. The first-order chi connectivity index (χ1) is 13.0. The first-order valence-electron chi connectivity index (χ1n) is 7.33. The number of alkyl halides is 3. The van der Waals surface area contributed by atoms with Crippen molar-refractivity contribution in [3.05, 3.63) is 35.4 Å². The topological polar surface area (TPSA) is 124 Å². The molecular weight excluding hydrogens is 412 g/mol. The van der Waals surface area contributed by atoms with Gasteiger partial charge in [-0.25, -0.2) is 12.8 Å². The zero-order valence-corrected chi connectivity index (χ0v) is 15.2. The van der Waals surface area contributed by atoms with Gasteiger partial charge in [0.1, 0.15) is 11.9 Å². The van der Waals surface area contributed by atoms with Gasteiger partial charge in [0.2, 0.25) is 10.0 Å². The Labute approximate surface area is 156 Å². The van der Waals surface area contributed by atoms with Crippen LogP contribution in [0.15, 0.2) is 18.2 Å². The number of hydrogen-bond donors (Lipinski definition) is 2. The fraction of sp³-hybridized carbons (Fsp3) is 0.357. The van der Waals surface area contributed by atoms with E-state index in [0.29, 0.717) is 0 Å². The Morgan fingerprint density at radius 2 is 1.71 bits per heavy atom. The third-order valence-corrected chi connectivity index (χ3v) is 4.40. The van der Waals surface area contributed by atoms with Crippen molar-refractivity contribution >= 4 is 15.7 Å². The smallest absolute Gasteiger partial charge is 0.404 e. The van der Waals surface area contributed by atoms with E-state index in [2.05, 4.69) is 15.0 Å². The van der Waals surface area contributed by atoms with Crippen LogP contribution in [-0.4, -0.2) is 54.6 Å². The molecule has 14 heteroatoms. The molecule has 1 heterocycles. The van der Waals surface area contributed by atoms with Crippen molar-refractivity contribution in [2.45, 2.75) is 12.3 Å². The van der Waals surface area contributed by atoms with Crippen LogP contribution in [0.2, 0.25) is 0 Å². The van der Waals surface area contributed by atoms with Gasteiger partial charge >= 0.3 is 18.2 Å². The van der Waals surface area contributed by atoms with Crippen molar-refractivity contribution in [2.75, 3.05) is 24.7 Å². The minimum Gasteiger partial charge on any atom is -0.467 e. The maximum Gasteiger partial charge on any atom is 0.404 e. The number of halogens is 4. The van der Waals surface area contributed by atoms with Crippen molar-refractivity contribution < 1.29 is 40.6 Å². The molecule has 2 aromatic rings. The third kappa shape index (κ3) is 5.39. The van der Waals surface area contributed by atoms with E-state index in [1.807, 2.05) is 0 Å². The number of ether oxygens (including phenoxy) is 2. The Morgan fingerprint density at radius 3 is 2.21 bits per heavy atom. The zero-order valence-electron chi connectivity index (χ0n) is 14.4. The lowest BCUT2D eigenvalue weighted by Gasteiger charge is -2.17. The molecule has 154 valence electrons. The summed E-state index contributed by atoms with van der Waals surface area (Å²) < 4.78 is 86.0. The maximum atomic E-state index is 14.2. The van der Waals surface area contributed by atoms with Crippen LogP contribution in [0.3, 0.4) is 0 Å². The largest absolute Gasteiger partial charge is 0.467 e. The van der Waals surface area contributed by atoms with Crippen molar-refractivity contribution in [1.29, 1.82) is 0 Å². The molecule has 0 radical (unpaired) electrons. The number of methoxy groups -OCH3 is 2. The van der Waals surface area contributed by atoms with Crippen LogP contribution in [0, 0.1) is 5.82 Å². The van der Waals surface area contributed by atoms with Crippen LogP contribution in [0.25, 0.3) is 0 Å². The molecule has 1 aromatic heterocycles. The zero-order chi connectivity index (χ0) is 21.1. The SMILES string of the molecule is COc1nc(OC)nc(C(O)c2cccc(F)c2NS(=O)(=O)CC(F)(F)F)n1. The molecule has 0 bridgehead atoms. The van der Waals surface area contributed by atoms with E-state index in [-0.39, 0.29) is 12.0 Å². The molecule has 0 aliphatic heterocycles. The van der Waals surface area contributed by atoms with E-state index in [9.17, 15) is 31.1 Å². The predicted octanol–water partition coefficient (Wildman–Crippen LogP) is 1.41. The highest BCUT2D eigenvalue weighted by Crippen LogP contribution is 2.31. The van der Waals surface area contributed by atoms with Crippen LogP contribution in [0.4, 0.5) is 23.2 Å². The van der Waals surface area contributed by atoms with E-state index >= 15 is 0 Å². The lowest BCUT2D eigenvalue weighted by molar-refractivity contribution is -0.106. The fourth-order valence-electron chi connectivity index (χ4n) is 2.08. The molecule has 0 aliphatic rings. The summed E-state index contributed by atoms with van der Waals surface area (Å²) in [4.78, 5) is 11.2. The van der Waals surface area contributed by atoms with Crippen LogP contribution >= 0.6 is 0 Å². The van der Waals surface area contributed by atoms with Gasteiger partial charge in [0.15, 0.2) is 11.6 Å². The van der Waals surface area contributed by atoms with E-state index < -0.39 is 50.9 Å². The second-order valence-electron chi connectivity index (χ2n) is 5.25. The number of sulfonamides is 1. The maximum absolute atomic E-state index is 14.2. The quantitative estimate of drug-likeness (QED) is 0.637. The number of rotatable bonds is 7. The molecule has 28 heavy (non-hydrogen) atoms. The van der Waals surface area contributed by atoms with E-state index in [0.717, 1.165) is 18.2 Å². The van der Waals surface area contributed by atoms with Crippen LogP contribution < -0.4 is 14.2 Å². The highest BCUT2D eigenvalue weighted by atomic mass is 32.2. The minimum atomic E-state index is -5.05. The van der Waals surface area contributed by atoms with E-state index in [1.165, 1.54) is 18.9 Å². The van der Waals surface area contributed by atoms with Crippen LogP contribution in [-0.2, 0) is 10.0 Å².